The quantitative estimate of drug-likeness (QED) is 0.475. The predicted octanol–water partition coefficient (Wildman–Crippen LogP) is 5.15. The van der Waals surface area contributed by atoms with E-state index >= 15 is 0 Å². The molecule has 0 aliphatic heterocycles. The van der Waals surface area contributed by atoms with Gasteiger partial charge in [0.05, 0.1) is 0 Å². The van der Waals surface area contributed by atoms with Crippen molar-refractivity contribution in [3.05, 3.63) is 83.9 Å². The van der Waals surface area contributed by atoms with Crippen LogP contribution in [0.15, 0.2) is 72.8 Å². The first-order chi connectivity index (χ1) is 10.3. The van der Waals surface area contributed by atoms with Gasteiger partial charge < -0.3 is 4.57 Å². The first kappa shape index (κ1) is 12.2. The van der Waals surface area contributed by atoms with E-state index in [2.05, 4.69) is 84.3 Å². The second kappa shape index (κ2) is 4.78. The van der Waals surface area contributed by atoms with Crippen LogP contribution in [0.3, 0.4) is 0 Å². The molecule has 4 rings (SSSR count). The summed E-state index contributed by atoms with van der Waals surface area (Å²) in [7, 11) is 0. The molecule has 0 fully saturated rings. The van der Waals surface area contributed by atoms with Gasteiger partial charge in [0.1, 0.15) is 0 Å². The van der Waals surface area contributed by atoms with Gasteiger partial charge in [0.15, 0.2) is 0 Å². The molecule has 0 N–H and O–H groups in total. The van der Waals surface area contributed by atoms with Crippen LogP contribution in [0.25, 0.3) is 21.8 Å². The maximum Gasteiger partial charge on any atom is 0.0494 e. The van der Waals surface area contributed by atoms with Crippen LogP contribution in [-0.4, -0.2) is 4.57 Å². The molecule has 1 aromatic heterocycles. The molecule has 0 aliphatic rings. The van der Waals surface area contributed by atoms with E-state index in [0.717, 1.165) is 6.54 Å². The third-order valence-electron chi connectivity index (χ3n) is 4.14. The number of rotatable bonds is 2. The lowest BCUT2D eigenvalue weighted by atomic mass is 10.1. The Kier molecular flexibility index (Phi) is 2.78. The van der Waals surface area contributed by atoms with Crippen LogP contribution in [0.5, 0.6) is 0 Å². The van der Waals surface area contributed by atoms with Gasteiger partial charge in [-0.25, -0.2) is 0 Å². The van der Waals surface area contributed by atoms with Crippen molar-refractivity contribution < 1.29 is 0 Å². The molecule has 0 unspecified atom stereocenters. The second-order valence-corrected chi connectivity index (χ2v) is 5.61. The van der Waals surface area contributed by atoms with Gasteiger partial charge in [-0.1, -0.05) is 66.2 Å². The van der Waals surface area contributed by atoms with E-state index < -0.39 is 0 Å². The minimum Gasteiger partial charge on any atom is -0.336 e. The van der Waals surface area contributed by atoms with Crippen LogP contribution in [0.2, 0.25) is 0 Å². The molecule has 102 valence electrons. The van der Waals surface area contributed by atoms with Crippen LogP contribution < -0.4 is 0 Å². The Morgan fingerprint density at radius 2 is 1.19 bits per heavy atom. The molecule has 1 nitrogen and oxygen atoms in total. The topological polar surface area (TPSA) is 4.93 Å². The van der Waals surface area contributed by atoms with Gasteiger partial charge in [-0.05, 0) is 24.6 Å². The van der Waals surface area contributed by atoms with Gasteiger partial charge in [0.2, 0.25) is 0 Å². The zero-order valence-electron chi connectivity index (χ0n) is 12.1. The fraction of sp³-hybridized carbons (Fsp3) is 0.100. The fourth-order valence-corrected chi connectivity index (χ4v) is 3.05. The first-order valence-corrected chi connectivity index (χ1v) is 7.34. The van der Waals surface area contributed by atoms with Crippen molar-refractivity contribution in [1.82, 2.24) is 4.57 Å². The predicted molar refractivity (Wildman–Crippen MR) is 89.7 cm³/mol. The molecule has 0 aliphatic carbocycles. The summed E-state index contributed by atoms with van der Waals surface area (Å²) in [5, 5.41) is 2.67. The van der Waals surface area contributed by atoms with E-state index in [1.54, 1.807) is 0 Å². The van der Waals surface area contributed by atoms with E-state index in [-0.39, 0.29) is 0 Å². The highest BCUT2D eigenvalue weighted by atomic mass is 15.0. The summed E-state index contributed by atoms with van der Waals surface area (Å²) in [6.07, 6.45) is 0. The number of benzene rings is 3. The fourth-order valence-electron chi connectivity index (χ4n) is 3.05. The summed E-state index contributed by atoms with van der Waals surface area (Å²) in [5.74, 6) is 0. The molecule has 0 saturated heterocycles. The molecule has 0 radical (unpaired) electrons. The van der Waals surface area contributed by atoms with E-state index in [0.29, 0.717) is 0 Å². The minimum atomic E-state index is 0.911. The minimum absolute atomic E-state index is 0.911. The van der Waals surface area contributed by atoms with Crippen molar-refractivity contribution in [3.8, 4) is 0 Å². The number of para-hydroxylation sites is 2. The Balaban J connectivity index is 1.95. The third kappa shape index (κ3) is 2.02. The Hall–Kier alpha value is -2.54. The number of fused-ring (bicyclic) bond motifs is 3. The molecule has 0 amide bonds. The van der Waals surface area contributed by atoms with Crippen LogP contribution in [0.1, 0.15) is 11.1 Å². The molecule has 4 aromatic rings. The smallest absolute Gasteiger partial charge is 0.0494 e. The van der Waals surface area contributed by atoms with E-state index in [1.165, 1.54) is 32.9 Å². The van der Waals surface area contributed by atoms with Gasteiger partial charge in [0.25, 0.3) is 0 Å². The van der Waals surface area contributed by atoms with Crippen molar-refractivity contribution in [2.24, 2.45) is 0 Å². The maximum absolute atomic E-state index is 2.41. The number of aromatic nitrogens is 1. The van der Waals surface area contributed by atoms with Gasteiger partial charge in [-0.3, -0.25) is 0 Å². The molecular weight excluding hydrogens is 254 g/mol. The lowest BCUT2D eigenvalue weighted by Gasteiger charge is -2.08. The number of nitrogens with zero attached hydrogens (tertiary/aromatic N) is 1. The van der Waals surface area contributed by atoms with Gasteiger partial charge in [-0.2, -0.15) is 0 Å². The highest BCUT2D eigenvalue weighted by Crippen LogP contribution is 2.29. The number of aryl methyl sites for hydroxylation is 1. The summed E-state index contributed by atoms with van der Waals surface area (Å²) in [5.41, 5.74) is 5.26. The van der Waals surface area contributed by atoms with Crippen LogP contribution in [0.4, 0.5) is 0 Å². The Morgan fingerprint density at radius 1 is 0.667 bits per heavy atom. The summed E-state index contributed by atoms with van der Waals surface area (Å²) in [6.45, 7) is 3.04. The molecule has 1 heterocycles. The van der Waals surface area contributed by atoms with Gasteiger partial charge in [-0.15, -0.1) is 0 Å². The van der Waals surface area contributed by atoms with Gasteiger partial charge in [0, 0.05) is 28.4 Å². The molecule has 3 aromatic carbocycles. The van der Waals surface area contributed by atoms with Crippen molar-refractivity contribution in [1.29, 1.82) is 0 Å². The maximum atomic E-state index is 2.41. The van der Waals surface area contributed by atoms with Crippen LogP contribution in [0, 0.1) is 6.92 Å². The molecule has 0 spiro atoms. The lowest BCUT2D eigenvalue weighted by molar-refractivity contribution is 0.868. The summed E-state index contributed by atoms with van der Waals surface area (Å²) in [4.78, 5) is 0. The average molecular weight is 271 g/mol. The highest BCUT2D eigenvalue weighted by Gasteiger charge is 2.09. The molecule has 21 heavy (non-hydrogen) atoms. The van der Waals surface area contributed by atoms with E-state index in [4.69, 9.17) is 0 Å². The van der Waals surface area contributed by atoms with Gasteiger partial charge >= 0.3 is 0 Å². The molecular formula is C20H17N. The van der Waals surface area contributed by atoms with Crippen LogP contribution >= 0.6 is 0 Å². The zero-order chi connectivity index (χ0) is 14.2. The van der Waals surface area contributed by atoms with E-state index in [1.807, 2.05) is 0 Å². The Bertz CT molecular complexity index is 860. The molecule has 1 heteroatoms. The third-order valence-corrected chi connectivity index (χ3v) is 4.14. The molecule has 0 atom stereocenters. The zero-order valence-corrected chi connectivity index (χ0v) is 12.1. The Labute approximate surface area is 124 Å². The van der Waals surface area contributed by atoms with Crippen LogP contribution in [-0.2, 0) is 6.54 Å². The number of hydrogen-bond donors (Lipinski definition) is 0. The van der Waals surface area contributed by atoms with Crippen molar-refractivity contribution in [2.75, 3.05) is 0 Å². The van der Waals surface area contributed by atoms with Crippen molar-refractivity contribution in [3.63, 3.8) is 0 Å². The summed E-state index contributed by atoms with van der Waals surface area (Å²) < 4.78 is 2.41. The second-order valence-electron chi connectivity index (χ2n) is 5.61. The lowest BCUT2D eigenvalue weighted by Crippen LogP contribution is -1.99. The summed E-state index contributed by atoms with van der Waals surface area (Å²) in [6, 6.07) is 26.1. The molecule has 0 saturated carbocycles. The Morgan fingerprint density at radius 3 is 1.76 bits per heavy atom. The van der Waals surface area contributed by atoms with Crippen molar-refractivity contribution >= 4 is 21.8 Å². The largest absolute Gasteiger partial charge is 0.336 e. The standard InChI is InChI=1S/C20H17N/c1-15-10-12-16(13-11-15)14-21-19-8-4-2-6-17(19)18-7-3-5-9-20(18)21/h2-13H,14H2,1H3. The van der Waals surface area contributed by atoms with E-state index in [9.17, 15) is 0 Å². The average Bonchev–Trinajstić information content (AvgIpc) is 2.85. The summed E-state index contributed by atoms with van der Waals surface area (Å²) >= 11 is 0. The highest BCUT2D eigenvalue weighted by molar-refractivity contribution is 6.08. The monoisotopic (exact) mass is 271 g/mol. The number of hydrogen-bond acceptors (Lipinski definition) is 0. The molecule has 0 bridgehead atoms. The SMILES string of the molecule is Cc1ccc(Cn2c3ccccc3c3ccccc32)cc1. The normalized spacial score (nSPS) is 11.3. The van der Waals surface area contributed by atoms with Crippen molar-refractivity contribution in [2.45, 2.75) is 13.5 Å². The first-order valence-electron chi connectivity index (χ1n) is 7.34.